The second kappa shape index (κ2) is 8.36. The number of nitrogen functional groups attached to an aromatic ring is 1. The smallest absolute Gasteiger partial charge is 0.277 e. The summed E-state index contributed by atoms with van der Waals surface area (Å²) in [4.78, 5) is 12.7. The number of hydrogen-bond acceptors (Lipinski definition) is 9. The van der Waals surface area contributed by atoms with Crippen LogP contribution in [0.25, 0.3) is 11.5 Å². The minimum absolute atomic E-state index is 0.143. The van der Waals surface area contributed by atoms with Crippen LogP contribution in [0.3, 0.4) is 0 Å². The summed E-state index contributed by atoms with van der Waals surface area (Å²) in [6, 6.07) is 17.3. The van der Waals surface area contributed by atoms with Gasteiger partial charge in [-0.25, -0.2) is 0 Å². The van der Waals surface area contributed by atoms with Crippen molar-refractivity contribution in [3.8, 4) is 11.5 Å². The number of nitrogens with one attached hydrogen (secondary N) is 1. The molecule has 2 aromatic heterocycles. The van der Waals surface area contributed by atoms with Crippen LogP contribution in [0, 0.1) is 0 Å². The predicted octanol–water partition coefficient (Wildman–Crippen LogP) is 4.30. The fourth-order valence-corrected chi connectivity index (χ4v) is 3.36. The lowest BCUT2D eigenvalue weighted by Crippen LogP contribution is -2.06. The Bertz CT molecular complexity index is 1090. The van der Waals surface area contributed by atoms with Gasteiger partial charge in [0.2, 0.25) is 17.8 Å². The van der Waals surface area contributed by atoms with Crippen molar-refractivity contribution in [1.82, 2.24) is 25.1 Å². The first-order valence-corrected chi connectivity index (χ1v) is 9.98. The van der Waals surface area contributed by atoms with E-state index in [4.69, 9.17) is 10.2 Å². The van der Waals surface area contributed by atoms with Gasteiger partial charge in [0, 0.05) is 15.7 Å². The molecule has 0 aliphatic rings. The first-order chi connectivity index (χ1) is 13.7. The van der Waals surface area contributed by atoms with Crippen LogP contribution in [-0.2, 0) is 5.75 Å². The number of aromatic nitrogens is 5. The third-order valence-electron chi connectivity index (χ3n) is 3.53. The van der Waals surface area contributed by atoms with Crippen molar-refractivity contribution in [3.05, 3.63) is 64.9 Å². The Kier molecular flexibility index (Phi) is 5.49. The van der Waals surface area contributed by atoms with Gasteiger partial charge < -0.3 is 15.5 Å². The molecular weight excluding hydrogens is 442 g/mol. The van der Waals surface area contributed by atoms with E-state index in [0.717, 1.165) is 15.7 Å². The number of rotatable bonds is 6. The van der Waals surface area contributed by atoms with E-state index in [-0.39, 0.29) is 5.95 Å². The Morgan fingerprint density at radius 2 is 1.86 bits per heavy atom. The zero-order valence-corrected chi connectivity index (χ0v) is 16.8. The molecule has 0 spiro atoms. The van der Waals surface area contributed by atoms with E-state index < -0.39 is 0 Å². The first kappa shape index (κ1) is 18.4. The van der Waals surface area contributed by atoms with E-state index in [9.17, 15) is 0 Å². The molecule has 10 heteroatoms. The van der Waals surface area contributed by atoms with Gasteiger partial charge in [-0.15, -0.1) is 10.2 Å². The van der Waals surface area contributed by atoms with Crippen LogP contribution in [-0.4, -0.2) is 25.1 Å². The predicted molar refractivity (Wildman–Crippen MR) is 111 cm³/mol. The molecule has 0 amide bonds. The number of thioether (sulfide) groups is 1. The number of benzene rings is 2. The summed E-state index contributed by atoms with van der Waals surface area (Å²) in [5.41, 5.74) is 7.51. The summed E-state index contributed by atoms with van der Waals surface area (Å²) >= 11 is 4.76. The van der Waals surface area contributed by atoms with Gasteiger partial charge in [0.1, 0.15) is 5.82 Å². The summed E-state index contributed by atoms with van der Waals surface area (Å²) < 4.78 is 6.65. The lowest BCUT2D eigenvalue weighted by molar-refractivity contribution is 0.465. The second-order valence-electron chi connectivity index (χ2n) is 5.60. The lowest BCUT2D eigenvalue weighted by atomic mass is 10.2. The highest BCUT2D eigenvalue weighted by molar-refractivity contribution is 9.10. The van der Waals surface area contributed by atoms with Crippen LogP contribution in [0.2, 0.25) is 0 Å². The molecule has 4 rings (SSSR count). The van der Waals surface area contributed by atoms with Crippen molar-refractivity contribution in [2.24, 2.45) is 0 Å². The van der Waals surface area contributed by atoms with E-state index in [1.807, 2.05) is 54.6 Å². The molecule has 4 aromatic rings. The Balaban J connectivity index is 1.45. The number of nitrogens with zero attached hydrogens (tertiary/aromatic N) is 5. The van der Waals surface area contributed by atoms with Gasteiger partial charge in [0.05, 0.1) is 5.75 Å². The van der Waals surface area contributed by atoms with Crippen LogP contribution >= 0.6 is 27.7 Å². The van der Waals surface area contributed by atoms with Crippen LogP contribution in [0.5, 0.6) is 0 Å². The van der Waals surface area contributed by atoms with Gasteiger partial charge in [0.25, 0.3) is 5.22 Å². The third kappa shape index (κ3) is 4.65. The van der Waals surface area contributed by atoms with Gasteiger partial charge in [0.15, 0.2) is 0 Å². The number of anilines is 3. The van der Waals surface area contributed by atoms with E-state index in [2.05, 4.69) is 46.4 Å². The van der Waals surface area contributed by atoms with Crippen molar-refractivity contribution in [3.63, 3.8) is 0 Å². The molecule has 140 valence electrons. The quantitative estimate of drug-likeness (QED) is 0.410. The zero-order chi connectivity index (χ0) is 19.3. The van der Waals surface area contributed by atoms with E-state index in [1.165, 1.54) is 11.8 Å². The Morgan fingerprint density at radius 3 is 2.68 bits per heavy atom. The maximum Gasteiger partial charge on any atom is 0.277 e. The van der Waals surface area contributed by atoms with Crippen LogP contribution < -0.4 is 11.1 Å². The Labute approximate surface area is 173 Å². The van der Waals surface area contributed by atoms with E-state index in [1.54, 1.807) is 0 Å². The lowest BCUT2D eigenvalue weighted by Gasteiger charge is -2.06. The SMILES string of the molecule is Nc1nc(CSc2nnc(-c3cccc(Br)c3)o2)nc(Nc2ccccc2)n1. The molecule has 2 heterocycles. The molecule has 2 aromatic carbocycles. The fraction of sp³-hybridized carbons (Fsp3) is 0.0556. The molecule has 8 nitrogen and oxygen atoms in total. The van der Waals surface area contributed by atoms with E-state index in [0.29, 0.717) is 28.6 Å². The highest BCUT2D eigenvalue weighted by Crippen LogP contribution is 2.26. The van der Waals surface area contributed by atoms with Crippen molar-refractivity contribution >= 4 is 45.3 Å². The zero-order valence-electron chi connectivity index (χ0n) is 14.4. The summed E-state index contributed by atoms with van der Waals surface area (Å²) in [6.45, 7) is 0. The van der Waals surface area contributed by atoms with Crippen molar-refractivity contribution in [2.45, 2.75) is 11.0 Å². The molecule has 0 aliphatic carbocycles. The minimum Gasteiger partial charge on any atom is -0.411 e. The Morgan fingerprint density at radius 1 is 1.00 bits per heavy atom. The number of hydrogen-bond donors (Lipinski definition) is 2. The van der Waals surface area contributed by atoms with Crippen LogP contribution in [0.1, 0.15) is 5.82 Å². The maximum absolute atomic E-state index is 5.81. The molecule has 0 aliphatic heterocycles. The summed E-state index contributed by atoms with van der Waals surface area (Å²) in [7, 11) is 0. The first-order valence-electron chi connectivity index (χ1n) is 8.20. The molecule has 3 N–H and O–H groups in total. The normalized spacial score (nSPS) is 10.8. The monoisotopic (exact) mass is 455 g/mol. The molecule has 0 fully saturated rings. The van der Waals surface area contributed by atoms with Crippen LogP contribution in [0.4, 0.5) is 17.6 Å². The molecule has 0 saturated heterocycles. The molecule has 0 bridgehead atoms. The standard InChI is InChI=1S/C18H14BrN7OS/c19-12-6-4-5-11(9-12)15-25-26-18(27-15)28-10-14-22-16(20)24-17(23-14)21-13-7-2-1-3-8-13/h1-9H,10H2,(H3,20,21,22,23,24). The molecule has 0 saturated carbocycles. The number of halogens is 1. The Hall–Kier alpha value is -2.98. The maximum atomic E-state index is 5.81. The average molecular weight is 456 g/mol. The van der Waals surface area contributed by atoms with Gasteiger partial charge in [-0.1, -0.05) is 52.0 Å². The molecule has 0 atom stereocenters. The highest BCUT2D eigenvalue weighted by atomic mass is 79.9. The number of nitrogens with two attached hydrogens (primary N) is 1. The van der Waals surface area contributed by atoms with Crippen molar-refractivity contribution < 1.29 is 4.42 Å². The van der Waals surface area contributed by atoms with Crippen molar-refractivity contribution in [2.75, 3.05) is 11.1 Å². The van der Waals surface area contributed by atoms with Gasteiger partial charge in [-0.3, -0.25) is 0 Å². The number of para-hydroxylation sites is 1. The largest absolute Gasteiger partial charge is 0.411 e. The summed E-state index contributed by atoms with van der Waals surface area (Å²) in [6.07, 6.45) is 0. The molecule has 0 radical (unpaired) electrons. The van der Waals surface area contributed by atoms with E-state index >= 15 is 0 Å². The fourth-order valence-electron chi connectivity index (χ4n) is 2.34. The third-order valence-corrected chi connectivity index (χ3v) is 4.84. The van der Waals surface area contributed by atoms with Gasteiger partial charge >= 0.3 is 0 Å². The van der Waals surface area contributed by atoms with Crippen LogP contribution in [0.15, 0.2) is 68.7 Å². The highest BCUT2D eigenvalue weighted by Gasteiger charge is 2.12. The topological polar surface area (TPSA) is 116 Å². The van der Waals surface area contributed by atoms with Gasteiger partial charge in [-0.05, 0) is 30.3 Å². The van der Waals surface area contributed by atoms with Crippen molar-refractivity contribution in [1.29, 1.82) is 0 Å². The summed E-state index contributed by atoms with van der Waals surface area (Å²) in [5, 5.41) is 11.7. The molecule has 0 unspecified atom stereocenters. The minimum atomic E-state index is 0.143. The average Bonchev–Trinajstić information content (AvgIpc) is 3.16. The summed E-state index contributed by atoms with van der Waals surface area (Å²) in [5.74, 6) is 1.90. The van der Waals surface area contributed by atoms with Gasteiger partial charge in [-0.2, -0.15) is 15.0 Å². The second-order valence-corrected chi connectivity index (χ2v) is 7.44. The molecule has 28 heavy (non-hydrogen) atoms. The molecular formula is C18H14BrN7OS.